The van der Waals surface area contributed by atoms with Crippen LogP contribution in [0.4, 0.5) is 0 Å². The van der Waals surface area contributed by atoms with Gasteiger partial charge in [0.15, 0.2) is 0 Å². The predicted molar refractivity (Wildman–Crippen MR) is 78.5 cm³/mol. The van der Waals surface area contributed by atoms with Gasteiger partial charge in [-0.1, -0.05) is 41.8 Å². The van der Waals surface area contributed by atoms with Crippen LogP contribution in [0.25, 0.3) is 6.08 Å². The van der Waals surface area contributed by atoms with E-state index in [2.05, 4.69) is 23.0 Å². The van der Waals surface area contributed by atoms with E-state index in [1.54, 1.807) is 0 Å². The molecular weight excluding hydrogens is 242 g/mol. The lowest BCUT2D eigenvalue weighted by molar-refractivity contribution is 0.226. The number of likely N-dealkylation sites (tertiary alicyclic amines) is 1. The topological polar surface area (TPSA) is 3.24 Å². The van der Waals surface area contributed by atoms with Crippen molar-refractivity contribution in [1.82, 2.24) is 4.90 Å². The first-order valence-corrected chi connectivity index (χ1v) is 6.75. The maximum atomic E-state index is 5.86. The minimum absolute atomic E-state index is 0.676. The molecule has 0 unspecified atom stereocenters. The van der Waals surface area contributed by atoms with Crippen LogP contribution in [0.15, 0.2) is 30.3 Å². The third kappa shape index (κ3) is 3.91. The highest BCUT2D eigenvalue weighted by atomic mass is 35.5. The summed E-state index contributed by atoms with van der Waals surface area (Å²) >= 11 is 5.86. The lowest BCUT2D eigenvalue weighted by Crippen LogP contribution is -2.33. The Morgan fingerprint density at radius 1 is 1.28 bits per heavy atom. The van der Waals surface area contributed by atoms with E-state index in [1.165, 1.54) is 18.4 Å². The normalized spacial score (nSPS) is 18.0. The first-order valence-electron chi connectivity index (χ1n) is 6.37. The van der Waals surface area contributed by atoms with Gasteiger partial charge in [0.25, 0.3) is 0 Å². The highest BCUT2D eigenvalue weighted by Crippen LogP contribution is 2.19. The smallest absolute Gasteiger partial charge is 0.0598 e. The molecule has 0 bridgehead atoms. The summed E-state index contributed by atoms with van der Waals surface area (Å²) in [5.74, 6) is 3.39. The van der Waals surface area contributed by atoms with E-state index in [0.717, 1.165) is 24.7 Å². The Balaban J connectivity index is 1.84. The molecule has 1 aliphatic heterocycles. The van der Waals surface area contributed by atoms with Crippen LogP contribution in [0.3, 0.4) is 0 Å². The Bertz CT molecular complexity index is 433. The number of hydrogen-bond donors (Lipinski definition) is 0. The molecule has 0 aromatic heterocycles. The number of hydrogen-bond acceptors (Lipinski definition) is 1. The van der Waals surface area contributed by atoms with Crippen molar-refractivity contribution >= 4 is 17.7 Å². The van der Waals surface area contributed by atoms with Crippen LogP contribution in [-0.2, 0) is 0 Å². The van der Waals surface area contributed by atoms with Gasteiger partial charge in [-0.25, -0.2) is 0 Å². The van der Waals surface area contributed by atoms with Gasteiger partial charge in [0, 0.05) is 5.02 Å². The van der Waals surface area contributed by atoms with Gasteiger partial charge >= 0.3 is 0 Å². The summed E-state index contributed by atoms with van der Waals surface area (Å²) in [6.45, 7) is 3.01. The molecule has 2 rings (SSSR count). The Morgan fingerprint density at radius 3 is 2.56 bits per heavy atom. The fraction of sp³-hybridized carbons (Fsp3) is 0.375. The molecule has 0 amide bonds. The highest BCUT2D eigenvalue weighted by molar-refractivity contribution is 6.30. The van der Waals surface area contributed by atoms with Crippen molar-refractivity contribution < 1.29 is 0 Å². The second-order valence-electron chi connectivity index (χ2n) is 4.73. The first kappa shape index (κ1) is 13.2. The number of piperidine rings is 1. The average Bonchev–Trinajstić information content (AvgIpc) is 2.40. The van der Waals surface area contributed by atoms with E-state index < -0.39 is 0 Å². The van der Waals surface area contributed by atoms with E-state index in [1.807, 2.05) is 24.3 Å². The molecule has 1 nitrogen and oxygen atoms in total. The molecule has 2 heteroatoms. The van der Waals surface area contributed by atoms with Gasteiger partial charge in [-0.05, 0) is 49.5 Å². The molecule has 1 saturated heterocycles. The largest absolute Gasteiger partial charge is 0.292 e. The van der Waals surface area contributed by atoms with Gasteiger partial charge in [-0.3, -0.25) is 4.90 Å². The van der Waals surface area contributed by atoms with Gasteiger partial charge in [-0.2, -0.15) is 0 Å². The average molecular weight is 260 g/mol. The molecule has 0 spiro atoms. The maximum Gasteiger partial charge on any atom is 0.0598 e. The SMILES string of the molecule is C#CCN1CCC(/C=C/c2ccc(Cl)cc2)CC1. The summed E-state index contributed by atoms with van der Waals surface area (Å²) in [6.07, 6.45) is 12.2. The first-order chi connectivity index (χ1) is 8.78. The van der Waals surface area contributed by atoms with Crippen molar-refractivity contribution in [3.05, 3.63) is 40.9 Å². The van der Waals surface area contributed by atoms with Gasteiger partial charge in [0.05, 0.1) is 6.54 Å². The van der Waals surface area contributed by atoms with E-state index >= 15 is 0 Å². The second kappa shape index (κ2) is 6.64. The van der Waals surface area contributed by atoms with Crippen molar-refractivity contribution in [3.63, 3.8) is 0 Å². The molecule has 1 aromatic carbocycles. The Morgan fingerprint density at radius 2 is 1.94 bits per heavy atom. The molecule has 1 aliphatic rings. The minimum Gasteiger partial charge on any atom is -0.292 e. The van der Waals surface area contributed by atoms with Crippen LogP contribution in [0.1, 0.15) is 18.4 Å². The zero-order valence-corrected chi connectivity index (χ0v) is 11.2. The molecule has 0 aliphatic carbocycles. The quantitative estimate of drug-likeness (QED) is 0.749. The van der Waals surface area contributed by atoms with E-state index in [9.17, 15) is 0 Å². The third-order valence-corrected chi connectivity index (χ3v) is 3.63. The Kier molecular flexibility index (Phi) is 4.87. The van der Waals surface area contributed by atoms with Gasteiger partial charge in [0.2, 0.25) is 0 Å². The molecule has 0 atom stereocenters. The lowest BCUT2D eigenvalue weighted by atomic mass is 9.95. The molecule has 1 aromatic rings. The van der Waals surface area contributed by atoms with E-state index in [-0.39, 0.29) is 0 Å². The number of terminal acetylenes is 1. The number of halogens is 1. The fourth-order valence-electron chi connectivity index (χ4n) is 2.25. The van der Waals surface area contributed by atoms with Crippen LogP contribution in [-0.4, -0.2) is 24.5 Å². The second-order valence-corrected chi connectivity index (χ2v) is 5.16. The zero-order valence-electron chi connectivity index (χ0n) is 10.5. The van der Waals surface area contributed by atoms with Crippen LogP contribution < -0.4 is 0 Å². The standard InChI is InChI=1S/C16H18ClN/c1-2-11-18-12-9-15(10-13-18)4-3-14-5-7-16(17)8-6-14/h1,3-8,15H,9-13H2/b4-3+. The molecule has 1 fully saturated rings. The minimum atomic E-state index is 0.676. The lowest BCUT2D eigenvalue weighted by Gasteiger charge is -2.28. The number of allylic oxidation sites excluding steroid dienone is 1. The monoisotopic (exact) mass is 259 g/mol. The van der Waals surface area contributed by atoms with Gasteiger partial charge in [-0.15, -0.1) is 6.42 Å². The van der Waals surface area contributed by atoms with Crippen LogP contribution >= 0.6 is 11.6 Å². The summed E-state index contributed by atoms with van der Waals surface area (Å²) in [7, 11) is 0. The van der Waals surface area contributed by atoms with Crippen molar-refractivity contribution in [1.29, 1.82) is 0 Å². The molecule has 0 saturated carbocycles. The van der Waals surface area contributed by atoms with E-state index in [0.29, 0.717) is 5.92 Å². The van der Waals surface area contributed by atoms with Crippen LogP contribution in [0.2, 0.25) is 5.02 Å². The Labute approximate surface area is 114 Å². The highest BCUT2D eigenvalue weighted by Gasteiger charge is 2.15. The predicted octanol–water partition coefficient (Wildman–Crippen LogP) is 3.70. The maximum absolute atomic E-state index is 5.86. The van der Waals surface area contributed by atoms with Crippen molar-refractivity contribution in [2.75, 3.05) is 19.6 Å². The van der Waals surface area contributed by atoms with Gasteiger partial charge < -0.3 is 0 Å². The molecule has 0 radical (unpaired) electrons. The molecule has 1 heterocycles. The molecule has 0 N–H and O–H groups in total. The van der Waals surface area contributed by atoms with Crippen molar-refractivity contribution in [3.8, 4) is 12.3 Å². The molecule has 94 valence electrons. The van der Waals surface area contributed by atoms with Gasteiger partial charge in [0.1, 0.15) is 0 Å². The zero-order chi connectivity index (χ0) is 12.8. The molecular formula is C16H18ClN. The van der Waals surface area contributed by atoms with Crippen LogP contribution in [0.5, 0.6) is 0 Å². The summed E-state index contributed by atoms with van der Waals surface area (Å²) in [5, 5.41) is 0.787. The number of nitrogens with zero attached hydrogens (tertiary/aromatic N) is 1. The summed E-state index contributed by atoms with van der Waals surface area (Å²) in [6, 6.07) is 7.95. The third-order valence-electron chi connectivity index (χ3n) is 3.38. The summed E-state index contributed by atoms with van der Waals surface area (Å²) < 4.78 is 0. The summed E-state index contributed by atoms with van der Waals surface area (Å²) in [4.78, 5) is 2.34. The number of rotatable bonds is 3. The molecule has 18 heavy (non-hydrogen) atoms. The van der Waals surface area contributed by atoms with Crippen molar-refractivity contribution in [2.45, 2.75) is 12.8 Å². The summed E-state index contributed by atoms with van der Waals surface area (Å²) in [5.41, 5.74) is 1.21. The van der Waals surface area contributed by atoms with Crippen LogP contribution in [0, 0.1) is 18.3 Å². The fourth-order valence-corrected chi connectivity index (χ4v) is 2.38. The van der Waals surface area contributed by atoms with Crippen molar-refractivity contribution in [2.24, 2.45) is 5.92 Å². The number of benzene rings is 1. The Hall–Kier alpha value is -1.23. The van der Waals surface area contributed by atoms with E-state index in [4.69, 9.17) is 18.0 Å².